The number of nitrogens with zero attached hydrogens (tertiary/aromatic N) is 2. The van der Waals surface area contributed by atoms with Gasteiger partial charge in [-0.15, -0.1) is 10.7 Å². The van der Waals surface area contributed by atoms with Crippen LogP contribution < -0.4 is 0 Å². The van der Waals surface area contributed by atoms with E-state index in [0.717, 1.165) is 10.7 Å². The predicted molar refractivity (Wildman–Crippen MR) is 41.4 cm³/mol. The summed E-state index contributed by atoms with van der Waals surface area (Å²) in [6, 6.07) is 0. The first-order chi connectivity index (χ1) is 4.24. The Kier molecular flexibility index (Phi) is 2450. The minimum atomic E-state index is -2.51. The second kappa shape index (κ2) is 403. The molecule has 98 valence electrons. The van der Waals surface area contributed by atoms with E-state index in [-0.39, 0.29) is 32.9 Å². The van der Waals surface area contributed by atoms with E-state index in [2.05, 4.69) is 0 Å². The van der Waals surface area contributed by atoms with Gasteiger partial charge in [-0.2, -0.15) is 0 Å². The van der Waals surface area contributed by atoms with Crippen LogP contribution in [0, 0.1) is 48.0 Å². The Morgan fingerprint density at radius 3 is 0.667 bits per heavy atom. The van der Waals surface area contributed by atoms with Gasteiger partial charge in [0.1, 0.15) is 0 Å². The van der Waals surface area contributed by atoms with Gasteiger partial charge in [0.05, 0.1) is 0 Å². The molecule has 0 unspecified atom stereocenters. The molecule has 0 aliphatic heterocycles. The summed E-state index contributed by atoms with van der Waals surface area (Å²) in [6.07, 6.45) is 0. The van der Waals surface area contributed by atoms with E-state index in [4.69, 9.17) is 24.7 Å². The molecule has 0 radical (unpaired) electrons. The maximum absolute atomic E-state index is 8.58. The van der Waals surface area contributed by atoms with E-state index < -0.39 is 27.8 Å². The van der Waals surface area contributed by atoms with Crippen molar-refractivity contribution in [2.45, 2.75) is 0 Å². The molecule has 0 aromatic carbocycles. The third kappa shape index (κ3) is 2670. The molecule has 0 aliphatic rings. The molecular weight excluding hydrogens is 458 g/mol. The molecular formula is H12N2O12U. The summed E-state index contributed by atoms with van der Waals surface area (Å²) in [4.78, 5) is 16.0. The van der Waals surface area contributed by atoms with Gasteiger partial charge in [0.15, 0.2) is 0 Å². The number of hydrogen-bond donors (Lipinski definition) is 0. The first kappa shape index (κ1) is 91.3. The van der Waals surface area contributed by atoms with Crippen LogP contribution in [0.25, 0.3) is 0 Å². The van der Waals surface area contributed by atoms with Gasteiger partial charge in [-0.1, -0.05) is 0 Å². The van der Waals surface area contributed by atoms with Crippen LogP contribution >= 0.6 is 0 Å². The van der Waals surface area contributed by atoms with E-state index in [1.54, 1.807) is 0 Å². The molecule has 0 saturated carbocycles. The van der Waals surface area contributed by atoms with Gasteiger partial charge in [-0.05, 0) is 0 Å². The topological polar surface area (TPSA) is 328 Å². The third-order valence-electron chi connectivity index (χ3n) is 0. The average molecular weight is 470 g/mol. The van der Waals surface area contributed by atoms with Gasteiger partial charge >= 0.3 is 32.3 Å². The Morgan fingerprint density at radius 2 is 0.667 bits per heavy atom. The predicted octanol–water partition coefficient (Wildman–Crippen LogP) is -4.68. The maximum atomic E-state index is 8.58. The van der Waals surface area contributed by atoms with Gasteiger partial charge in [0, 0.05) is 0 Å². The first-order valence-corrected chi connectivity index (χ1v) is 4.54. The van der Waals surface area contributed by atoms with Crippen molar-refractivity contribution < 1.29 is 65.1 Å². The molecule has 15 heavy (non-hydrogen) atoms. The van der Waals surface area contributed by atoms with E-state index in [1.165, 1.54) is 0 Å². The molecule has 14 nitrogen and oxygen atoms in total. The molecule has 0 atom stereocenters. The molecule has 0 amide bonds. The summed E-state index contributed by atoms with van der Waals surface area (Å²) in [5, 5.41) is 18.0. The van der Waals surface area contributed by atoms with E-state index >= 15 is 0 Å². The molecule has 0 saturated heterocycles. The van der Waals surface area contributed by atoms with Crippen molar-refractivity contribution in [1.82, 2.24) is 0 Å². The van der Waals surface area contributed by atoms with Gasteiger partial charge < -0.3 is 53.1 Å². The van der Waals surface area contributed by atoms with Crippen molar-refractivity contribution in [2.75, 3.05) is 0 Å². The van der Waals surface area contributed by atoms with Crippen molar-refractivity contribution >= 4 is 0 Å². The third-order valence-corrected chi connectivity index (χ3v) is 0. The minimum absolute atomic E-state index is 0. The Morgan fingerprint density at radius 1 is 0.667 bits per heavy atom. The van der Waals surface area contributed by atoms with E-state index in [1.807, 2.05) is 0 Å². The fourth-order valence-electron chi connectivity index (χ4n) is 0. The summed E-state index contributed by atoms with van der Waals surface area (Å²) in [5.74, 6) is 0. The van der Waals surface area contributed by atoms with E-state index in [9.17, 15) is 0 Å². The summed E-state index contributed by atoms with van der Waals surface area (Å²) < 4.78 is 17.2. The standard InChI is InChI=1S/2HNO2.6H2O.2O.U/c2*2-1-3;;;;;;;;;/h2*(H,2,3);6*1H2;;;/q;;;;;;;;;;+2/p-2. The quantitative estimate of drug-likeness (QED) is 0.247. The average Bonchev–Trinajstić information content (AvgIpc) is 1.70. The molecule has 0 heterocycles. The summed E-state index contributed by atoms with van der Waals surface area (Å²) in [7, 11) is 0. The van der Waals surface area contributed by atoms with Crippen molar-refractivity contribution in [3.63, 3.8) is 0 Å². The van der Waals surface area contributed by atoms with Crippen molar-refractivity contribution in [1.29, 1.82) is 0 Å². The zero-order chi connectivity index (χ0) is 8.12. The molecule has 15 heteroatoms. The van der Waals surface area contributed by atoms with Crippen molar-refractivity contribution in [2.24, 2.45) is 10.7 Å². The SMILES string of the molecule is O.O.O.O.O.O.O=N[O-].O=N[O-].[O]=[U+2]=[O]. The Hall–Kier alpha value is -0.788. The van der Waals surface area contributed by atoms with Crippen molar-refractivity contribution in [3.05, 3.63) is 20.2 Å². The number of rotatable bonds is 0. The fourth-order valence-corrected chi connectivity index (χ4v) is 0. The van der Waals surface area contributed by atoms with Gasteiger partial charge in [0.2, 0.25) is 0 Å². The van der Waals surface area contributed by atoms with Crippen LogP contribution in [-0.2, 0) is 4.47 Å². The van der Waals surface area contributed by atoms with Crippen LogP contribution in [0.15, 0.2) is 10.7 Å². The monoisotopic (exact) mass is 470 g/mol. The molecule has 0 aromatic heterocycles. The fraction of sp³-hybridized carbons (Fsp3) is 0. The van der Waals surface area contributed by atoms with Gasteiger partial charge in [0.25, 0.3) is 0 Å². The molecule has 0 spiro atoms. The van der Waals surface area contributed by atoms with Crippen LogP contribution in [0.5, 0.6) is 0 Å². The zero-order valence-electron chi connectivity index (χ0n) is 6.84. The number of hydrogen-bond acceptors (Lipinski definition) is 8. The zero-order valence-corrected chi connectivity index (χ0v) is 11.0. The molecule has 0 fully saturated rings. The summed E-state index contributed by atoms with van der Waals surface area (Å²) in [5.41, 5.74) is 0. The van der Waals surface area contributed by atoms with Crippen LogP contribution in [0.1, 0.15) is 0 Å². The first-order valence-electron chi connectivity index (χ1n) is 1.14. The summed E-state index contributed by atoms with van der Waals surface area (Å²) in [6.45, 7) is 0. The van der Waals surface area contributed by atoms with E-state index in [0.29, 0.717) is 0 Å². The Labute approximate surface area is 96.2 Å². The molecule has 12 N–H and O–H groups in total. The van der Waals surface area contributed by atoms with Crippen molar-refractivity contribution in [3.8, 4) is 0 Å². The van der Waals surface area contributed by atoms with Crippen LogP contribution in [0.2, 0.25) is 0 Å². The van der Waals surface area contributed by atoms with Gasteiger partial charge in [-0.3, -0.25) is 0 Å². The molecule has 0 aromatic rings. The summed E-state index contributed by atoms with van der Waals surface area (Å²) >= 11 is -2.51. The normalized spacial score (nSPS) is 2.13. The van der Waals surface area contributed by atoms with Crippen LogP contribution in [0.4, 0.5) is 0 Å². The molecule has 0 rings (SSSR count). The molecule has 0 aliphatic carbocycles. The second-order valence-electron chi connectivity index (χ2n) is 0.232. The second-order valence-corrected chi connectivity index (χ2v) is 0.926. The van der Waals surface area contributed by atoms with Gasteiger partial charge in [-0.25, -0.2) is 0 Å². The van der Waals surface area contributed by atoms with Crippen LogP contribution in [0.3, 0.4) is 0 Å². The Bertz CT molecular complexity index is 79.6. The van der Waals surface area contributed by atoms with Crippen LogP contribution in [-0.4, -0.2) is 32.9 Å². The molecule has 0 bridgehead atoms. The Balaban J connectivity index is -0.00000000429.